The molecule has 0 radical (unpaired) electrons. The van der Waals surface area contributed by atoms with Crippen LogP contribution < -0.4 is 5.32 Å². The summed E-state index contributed by atoms with van der Waals surface area (Å²) in [5.74, 6) is 0.128. The molecule has 3 heteroatoms. The maximum Gasteiger partial charge on any atom is 0.153 e. The highest BCUT2D eigenvalue weighted by Crippen LogP contribution is 2.33. The Morgan fingerprint density at radius 2 is 2.29 bits per heavy atom. The van der Waals surface area contributed by atoms with E-state index in [9.17, 15) is 9.90 Å². The van der Waals surface area contributed by atoms with E-state index < -0.39 is 0 Å². The zero-order chi connectivity index (χ0) is 10.1. The molecule has 74 valence electrons. The number of carbonyl (C=O) groups is 1. The summed E-state index contributed by atoms with van der Waals surface area (Å²) in [7, 11) is 0. The third-order valence-corrected chi connectivity index (χ3v) is 2.64. The quantitative estimate of drug-likeness (QED) is 0.697. The lowest BCUT2D eigenvalue weighted by atomic mass is 9.93. The van der Waals surface area contributed by atoms with Crippen LogP contribution in [0.4, 0.5) is 0 Å². The van der Waals surface area contributed by atoms with E-state index in [0.717, 1.165) is 24.1 Å². The maximum atomic E-state index is 10.7. The monoisotopic (exact) mass is 191 g/mol. The zero-order valence-electron chi connectivity index (χ0n) is 8.08. The zero-order valence-corrected chi connectivity index (χ0v) is 8.08. The van der Waals surface area contributed by atoms with Crippen LogP contribution in [-0.2, 0) is 0 Å². The lowest BCUT2D eigenvalue weighted by Gasteiger charge is -2.29. The normalized spacial score (nSPS) is 20.2. The molecular formula is C11H13NO2. The molecule has 1 heterocycles. The molecule has 0 saturated carbocycles. The summed E-state index contributed by atoms with van der Waals surface area (Å²) in [5.41, 5.74) is 2.24. The van der Waals surface area contributed by atoms with Crippen molar-refractivity contribution >= 4 is 6.29 Å². The Morgan fingerprint density at radius 1 is 1.57 bits per heavy atom. The molecule has 0 bridgehead atoms. The number of nitrogens with one attached hydrogen (secondary N) is 1. The topological polar surface area (TPSA) is 49.3 Å². The molecule has 1 aliphatic heterocycles. The fourth-order valence-corrected chi connectivity index (χ4v) is 1.75. The molecule has 1 atom stereocenters. The lowest BCUT2D eigenvalue weighted by Crippen LogP contribution is -2.35. The Kier molecular flexibility index (Phi) is 2.25. The maximum absolute atomic E-state index is 10.7. The SMILES string of the molecule is Cc1cc(C=O)c(O)c([C@@H]2CCN2)c1. The van der Waals surface area contributed by atoms with Crippen LogP contribution in [0.1, 0.15) is 33.9 Å². The number of carbonyl (C=O) groups excluding carboxylic acids is 1. The van der Waals surface area contributed by atoms with E-state index in [0.29, 0.717) is 11.8 Å². The van der Waals surface area contributed by atoms with Crippen LogP contribution in [0.5, 0.6) is 5.75 Å². The number of phenols is 1. The molecular weight excluding hydrogens is 178 g/mol. The number of phenolic OH excluding ortho intramolecular Hbond substituents is 1. The molecule has 0 aliphatic carbocycles. The van der Waals surface area contributed by atoms with Crippen molar-refractivity contribution in [1.29, 1.82) is 0 Å². The number of hydrogen-bond acceptors (Lipinski definition) is 3. The molecule has 0 unspecified atom stereocenters. The molecule has 1 saturated heterocycles. The first-order valence-corrected chi connectivity index (χ1v) is 4.74. The van der Waals surface area contributed by atoms with E-state index in [-0.39, 0.29) is 11.8 Å². The molecule has 3 nitrogen and oxygen atoms in total. The van der Waals surface area contributed by atoms with Crippen LogP contribution in [0.3, 0.4) is 0 Å². The van der Waals surface area contributed by atoms with E-state index in [4.69, 9.17) is 0 Å². The van der Waals surface area contributed by atoms with Gasteiger partial charge in [0.25, 0.3) is 0 Å². The molecule has 1 aromatic rings. The highest BCUT2D eigenvalue weighted by atomic mass is 16.3. The van der Waals surface area contributed by atoms with Crippen LogP contribution in [0.15, 0.2) is 12.1 Å². The first-order chi connectivity index (χ1) is 6.72. The van der Waals surface area contributed by atoms with Gasteiger partial charge in [0, 0.05) is 11.6 Å². The van der Waals surface area contributed by atoms with Crippen LogP contribution in [0.2, 0.25) is 0 Å². The van der Waals surface area contributed by atoms with E-state index in [2.05, 4.69) is 5.32 Å². The lowest BCUT2D eigenvalue weighted by molar-refractivity contribution is 0.112. The summed E-state index contributed by atoms with van der Waals surface area (Å²) in [6.07, 6.45) is 1.72. The fourth-order valence-electron chi connectivity index (χ4n) is 1.75. The predicted octanol–water partition coefficient (Wildman–Crippen LogP) is 1.55. The molecule has 2 rings (SSSR count). The number of aldehydes is 1. The minimum atomic E-state index is 0.128. The molecule has 0 amide bonds. The van der Waals surface area contributed by atoms with Crippen molar-refractivity contribution < 1.29 is 9.90 Å². The molecule has 14 heavy (non-hydrogen) atoms. The summed E-state index contributed by atoms with van der Waals surface area (Å²) in [6, 6.07) is 3.84. The summed E-state index contributed by atoms with van der Waals surface area (Å²) in [5, 5.41) is 13.0. The van der Waals surface area contributed by atoms with Gasteiger partial charge in [0.1, 0.15) is 5.75 Å². The first kappa shape index (κ1) is 9.21. The Bertz CT molecular complexity index is 370. The third kappa shape index (κ3) is 1.40. The van der Waals surface area contributed by atoms with Gasteiger partial charge in [0.2, 0.25) is 0 Å². The van der Waals surface area contributed by atoms with Crippen LogP contribution in [0.25, 0.3) is 0 Å². The van der Waals surface area contributed by atoms with Crippen LogP contribution in [0, 0.1) is 6.92 Å². The molecule has 2 N–H and O–H groups in total. The highest BCUT2D eigenvalue weighted by molar-refractivity contribution is 5.80. The van der Waals surface area contributed by atoms with Gasteiger partial charge in [-0.1, -0.05) is 6.07 Å². The molecule has 1 aromatic carbocycles. The summed E-state index contributed by atoms with van der Waals surface area (Å²) < 4.78 is 0. The van der Waals surface area contributed by atoms with E-state index in [1.165, 1.54) is 0 Å². The van der Waals surface area contributed by atoms with Crippen molar-refractivity contribution in [3.8, 4) is 5.75 Å². The average molecular weight is 191 g/mol. The Hall–Kier alpha value is -1.35. The van der Waals surface area contributed by atoms with Crippen LogP contribution in [-0.4, -0.2) is 17.9 Å². The summed E-state index contributed by atoms with van der Waals surface area (Å²) in [4.78, 5) is 10.7. The predicted molar refractivity (Wildman–Crippen MR) is 53.6 cm³/mol. The number of aromatic hydroxyl groups is 1. The van der Waals surface area contributed by atoms with Crippen molar-refractivity contribution in [1.82, 2.24) is 5.32 Å². The van der Waals surface area contributed by atoms with Crippen LogP contribution >= 0.6 is 0 Å². The average Bonchev–Trinajstić information content (AvgIpc) is 2.07. The van der Waals surface area contributed by atoms with Gasteiger partial charge >= 0.3 is 0 Å². The standard InChI is InChI=1S/C11H13NO2/c1-7-4-8(6-13)11(14)9(5-7)10-2-3-12-10/h4-6,10,12,14H,2-3H2,1H3/t10-/m0/s1. The first-order valence-electron chi connectivity index (χ1n) is 4.74. The second kappa shape index (κ2) is 3.42. The number of aryl methyl sites for hydroxylation is 1. The minimum absolute atomic E-state index is 0.128. The van der Waals surface area contributed by atoms with E-state index >= 15 is 0 Å². The smallest absolute Gasteiger partial charge is 0.153 e. The number of benzene rings is 1. The largest absolute Gasteiger partial charge is 0.507 e. The van der Waals surface area contributed by atoms with Gasteiger partial charge < -0.3 is 10.4 Å². The number of rotatable bonds is 2. The van der Waals surface area contributed by atoms with Gasteiger partial charge in [-0.25, -0.2) is 0 Å². The second-order valence-corrected chi connectivity index (χ2v) is 3.71. The van der Waals surface area contributed by atoms with E-state index in [1.54, 1.807) is 6.07 Å². The van der Waals surface area contributed by atoms with Crippen molar-refractivity contribution in [3.05, 3.63) is 28.8 Å². The van der Waals surface area contributed by atoms with Gasteiger partial charge in [0.15, 0.2) is 6.29 Å². The summed E-state index contributed by atoms with van der Waals surface area (Å²) >= 11 is 0. The fraction of sp³-hybridized carbons (Fsp3) is 0.364. The number of hydrogen-bond donors (Lipinski definition) is 2. The molecule has 0 aromatic heterocycles. The molecule has 0 spiro atoms. The van der Waals surface area contributed by atoms with Crippen molar-refractivity contribution in [2.75, 3.05) is 6.54 Å². The van der Waals surface area contributed by atoms with Gasteiger partial charge in [-0.2, -0.15) is 0 Å². The van der Waals surface area contributed by atoms with E-state index in [1.807, 2.05) is 13.0 Å². The van der Waals surface area contributed by atoms with Gasteiger partial charge in [0.05, 0.1) is 5.56 Å². The summed E-state index contributed by atoms with van der Waals surface area (Å²) in [6.45, 7) is 2.91. The van der Waals surface area contributed by atoms with Gasteiger partial charge in [-0.3, -0.25) is 4.79 Å². The van der Waals surface area contributed by atoms with Gasteiger partial charge in [-0.05, 0) is 31.5 Å². The Balaban J connectivity index is 2.46. The van der Waals surface area contributed by atoms with Crippen molar-refractivity contribution in [2.24, 2.45) is 0 Å². The van der Waals surface area contributed by atoms with Gasteiger partial charge in [-0.15, -0.1) is 0 Å². The van der Waals surface area contributed by atoms with Crippen molar-refractivity contribution in [3.63, 3.8) is 0 Å². The minimum Gasteiger partial charge on any atom is -0.507 e. The Morgan fingerprint density at radius 3 is 2.79 bits per heavy atom. The molecule has 1 fully saturated rings. The van der Waals surface area contributed by atoms with Crippen molar-refractivity contribution in [2.45, 2.75) is 19.4 Å². The second-order valence-electron chi connectivity index (χ2n) is 3.71. The molecule has 1 aliphatic rings. The third-order valence-electron chi connectivity index (χ3n) is 2.64. The Labute approximate surface area is 82.8 Å². The highest BCUT2D eigenvalue weighted by Gasteiger charge is 2.22.